The summed E-state index contributed by atoms with van der Waals surface area (Å²) in [5.41, 5.74) is 13.3. The number of benzene rings is 11. The Balaban J connectivity index is 1.05. The largest absolute Gasteiger partial charge is 0.456 e. The summed E-state index contributed by atoms with van der Waals surface area (Å²) >= 11 is 0. The van der Waals surface area contributed by atoms with Crippen LogP contribution in [-0.4, -0.2) is 6.71 Å². The minimum absolute atomic E-state index is 0.123. The van der Waals surface area contributed by atoms with Crippen molar-refractivity contribution in [2.45, 2.75) is 0 Å². The van der Waals surface area contributed by atoms with Crippen molar-refractivity contribution >= 4 is 94.4 Å². The van der Waals surface area contributed by atoms with Crippen LogP contribution in [0.3, 0.4) is 0 Å². The van der Waals surface area contributed by atoms with Gasteiger partial charge in [-0.15, -0.1) is 0 Å². The highest BCUT2D eigenvalue weighted by molar-refractivity contribution is 6.98. The van der Waals surface area contributed by atoms with Crippen molar-refractivity contribution in [3.63, 3.8) is 0 Å². The Labute approximate surface area is 371 Å². The summed E-state index contributed by atoms with van der Waals surface area (Å²) in [6.45, 7) is -0.123. The van der Waals surface area contributed by atoms with Gasteiger partial charge in [-0.25, -0.2) is 0 Å². The smallest absolute Gasteiger partial charge is 0.243 e. The molecule has 0 aliphatic carbocycles. The van der Waals surface area contributed by atoms with Crippen molar-refractivity contribution in [3.05, 3.63) is 231 Å². The molecule has 0 atom stereocenters. The van der Waals surface area contributed by atoms with Crippen LogP contribution < -0.4 is 26.0 Å². The molecule has 12 aromatic rings. The fraction of sp³-hybridized carbons (Fsp3) is 0. The lowest BCUT2D eigenvalue weighted by molar-refractivity contribution is 0.487. The highest BCUT2D eigenvalue weighted by Crippen LogP contribution is 2.51. The van der Waals surface area contributed by atoms with Crippen LogP contribution in [0.1, 0.15) is 0 Å². The molecule has 2 heterocycles. The third kappa shape index (κ3) is 5.77. The molecule has 1 aliphatic rings. The Kier molecular flexibility index (Phi) is 8.32. The first-order valence-electron chi connectivity index (χ1n) is 21.9. The molecule has 13 rings (SSSR count). The maximum atomic E-state index is 6.96. The molecule has 0 spiro atoms. The van der Waals surface area contributed by atoms with Crippen LogP contribution >= 0.6 is 0 Å². The molecule has 11 aromatic carbocycles. The third-order valence-electron chi connectivity index (χ3n) is 13.2. The third-order valence-corrected chi connectivity index (χ3v) is 13.2. The van der Waals surface area contributed by atoms with Crippen LogP contribution in [-0.2, 0) is 0 Å². The topological polar surface area (TPSA) is 25.6 Å². The number of furan rings is 1. The van der Waals surface area contributed by atoms with E-state index in [1.54, 1.807) is 0 Å². The molecule has 1 aromatic heterocycles. The molecule has 0 bridgehead atoms. The van der Waals surface area contributed by atoms with Crippen molar-refractivity contribution in [2.75, 3.05) is 4.90 Å². The lowest BCUT2D eigenvalue weighted by Crippen LogP contribution is -2.53. The van der Waals surface area contributed by atoms with Crippen molar-refractivity contribution < 1.29 is 9.15 Å². The predicted octanol–water partition coefficient (Wildman–Crippen LogP) is 14.5. The molecular formula is C60H38BNO2. The van der Waals surface area contributed by atoms with E-state index in [2.05, 4.69) is 229 Å². The molecule has 0 amide bonds. The fourth-order valence-electron chi connectivity index (χ4n) is 10.3. The first-order chi connectivity index (χ1) is 31.7. The lowest BCUT2D eigenvalue weighted by Gasteiger charge is -2.28. The van der Waals surface area contributed by atoms with Gasteiger partial charge in [0.1, 0.15) is 22.7 Å². The van der Waals surface area contributed by atoms with Crippen LogP contribution in [0.25, 0.3) is 76.5 Å². The molecular weight excluding hydrogens is 777 g/mol. The zero-order valence-electron chi connectivity index (χ0n) is 34.8. The summed E-state index contributed by atoms with van der Waals surface area (Å²) in [5, 5.41) is 9.41. The van der Waals surface area contributed by atoms with Crippen LogP contribution in [0.4, 0.5) is 17.1 Å². The standard InChI is InChI=1S/C60H38BNO2/c1-4-17-39(18-5-1)44-23-12-14-28-54(44)61(40-31-33-48-47-26-13-15-29-56(47)63-58(48)35-40)55-38-52-50-27-16-30-57-60(50)53(37-51(52)45-24-10-11-25-46(45)55)49-34-32-43(36-59(49)64-57)62(41-19-6-2-7-20-41)42-21-8-3-9-22-42/h1-38H. The summed E-state index contributed by atoms with van der Waals surface area (Å²) in [7, 11) is 0. The van der Waals surface area contributed by atoms with Crippen molar-refractivity contribution in [1.29, 1.82) is 0 Å². The summed E-state index contributed by atoms with van der Waals surface area (Å²) < 4.78 is 13.5. The second-order valence-electron chi connectivity index (χ2n) is 16.7. The summed E-state index contributed by atoms with van der Waals surface area (Å²) in [4.78, 5) is 2.29. The van der Waals surface area contributed by atoms with E-state index >= 15 is 0 Å². The van der Waals surface area contributed by atoms with Gasteiger partial charge in [0.05, 0.1) is 0 Å². The summed E-state index contributed by atoms with van der Waals surface area (Å²) in [5.74, 6) is 1.70. The number of anilines is 3. The molecule has 298 valence electrons. The van der Waals surface area contributed by atoms with Gasteiger partial charge in [-0.1, -0.05) is 180 Å². The minimum Gasteiger partial charge on any atom is -0.456 e. The second-order valence-corrected chi connectivity index (χ2v) is 16.7. The predicted molar refractivity (Wildman–Crippen MR) is 269 cm³/mol. The second kappa shape index (κ2) is 14.6. The number of rotatable bonds is 7. The van der Waals surface area contributed by atoms with Gasteiger partial charge in [0.25, 0.3) is 0 Å². The van der Waals surface area contributed by atoms with E-state index in [1.807, 2.05) is 6.07 Å². The Hall–Kier alpha value is -8.34. The van der Waals surface area contributed by atoms with Gasteiger partial charge >= 0.3 is 0 Å². The maximum Gasteiger partial charge on any atom is 0.243 e. The zero-order chi connectivity index (χ0) is 42.1. The average Bonchev–Trinajstić information content (AvgIpc) is 3.73. The Morgan fingerprint density at radius 1 is 0.328 bits per heavy atom. The molecule has 0 saturated heterocycles. The molecule has 64 heavy (non-hydrogen) atoms. The SMILES string of the molecule is c1ccc(-c2ccccc2B(c2ccc3c(c2)oc2ccccc23)c2cc3c4cccc5c4c(cc3c3ccccc23)-c2ccc(N(c3ccccc3)c3ccccc3)cc2O5)cc1. The maximum absolute atomic E-state index is 6.96. The van der Waals surface area contributed by atoms with Crippen molar-refractivity contribution in [3.8, 4) is 33.8 Å². The van der Waals surface area contributed by atoms with E-state index in [9.17, 15) is 0 Å². The van der Waals surface area contributed by atoms with E-state index in [1.165, 1.54) is 60.0 Å². The van der Waals surface area contributed by atoms with E-state index in [4.69, 9.17) is 9.15 Å². The molecule has 0 saturated carbocycles. The zero-order valence-corrected chi connectivity index (χ0v) is 34.8. The van der Waals surface area contributed by atoms with Gasteiger partial charge in [-0.3, -0.25) is 0 Å². The Morgan fingerprint density at radius 3 is 1.77 bits per heavy atom. The normalized spacial score (nSPS) is 11.9. The van der Waals surface area contributed by atoms with E-state index in [-0.39, 0.29) is 6.71 Å². The first-order valence-corrected chi connectivity index (χ1v) is 21.9. The molecule has 4 heteroatoms. The van der Waals surface area contributed by atoms with E-state index < -0.39 is 0 Å². The number of para-hydroxylation sites is 3. The molecule has 1 aliphatic heterocycles. The molecule has 0 fully saturated rings. The van der Waals surface area contributed by atoms with Gasteiger partial charge in [0.15, 0.2) is 0 Å². The van der Waals surface area contributed by atoms with Crippen molar-refractivity contribution in [1.82, 2.24) is 0 Å². The molecule has 0 radical (unpaired) electrons. The van der Waals surface area contributed by atoms with Crippen LogP contribution in [0, 0.1) is 0 Å². The highest BCUT2D eigenvalue weighted by atomic mass is 16.5. The van der Waals surface area contributed by atoms with Gasteiger partial charge in [-0.2, -0.15) is 0 Å². The average molecular weight is 816 g/mol. The fourth-order valence-corrected chi connectivity index (χ4v) is 10.3. The monoisotopic (exact) mass is 815 g/mol. The van der Waals surface area contributed by atoms with Crippen molar-refractivity contribution in [2.24, 2.45) is 0 Å². The number of nitrogens with zero attached hydrogens (tertiary/aromatic N) is 1. The first kappa shape index (κ1) is 36.3. The number of hydrogen-bond acceptors (Lipinski definition) is 3. The number of ether oxygens (including phenoxy) is 1. The summed E-state index contributed by atoms with van der Waals surface area (Å²) in [6.07, 6.45) is 0. The van der Waals surface area contributed by atoms with Crippen LogP contribution in [0.5, 0.6) is 11.5 Å². The van der Waals surface area contributed by atoms with Gasteiger partial charge in [0, 0.05) is 44.9 Å². The molecule has 0 unspecified atom stereocenters. The number of fused-ring (bicyclic) bond motifs is 9. The van der Waals surface area contributed by atoms with Gasteiger partial charge in [-0.05, 0) is 104 Å². The van der Waals surface area contributed by atoms with Crippen LogP contribution in [0.2, 0.25) is 0 Å². The van der Waals surface area contributed by atoms with E-state index in [0.29, 0.717) is 0 Å². The van der Waals surface area contributed by atoms with E-state index in [0.717, 1.165) is 61.4 Å². The molecule has 0 N–H and O–H groups in total. The van der Waals surface area contributed by atoms with Gasteiger partial charge < -0.3 is 14.1 Å². The minimum atomic E-state index is -0.123. The van der Waals surface area contributed by atoms with Gasteiger partial charge in [0.2, 0.25) is 6.71 Å². The highest BCUT2D eigenvalue weighted by Gasteiger charge is 2.30. The lowest BCUT2D eigenvalue weighted by atomic mass is 9.35. The Bertz CT molecular complexity index is 3730. The quantitative estimate of drug-likeness (QED) is 0.118. The molecule has 3 nitrogen and oxygen atoms in total. The summed E-state index contributed by atoms with van der Waals surface area (Å²) in [6, 6.07) is 82.9. The number of hydrogen-bond donors (Lipinski definition) is 0. The Morgan fingerprint density at radius 2 is 0.969 bits per heavy atom. The van der Waals surface area contributed by atoms with Crippen LogP contribution in [0.15, 0.2) is 235 Å².